The summed E-state index contributed by atoms with van der Waals surface area (Å²) < 4.78 is 29.8. The molecule has 6 heteroatoms. The first-order valence-corrected chi connectivity index (χ1v) is 7.14. The summed E-state index contributed by atoms with van der Waals surface area (Å²) in [7, 11) is -3.60. The van der Waals surface area contributed by atoms with E-state index in [1.54, 1.807) is 0 Å². The first kappa shape index (κ1) is 13.9. The molecule has 5 nitrogen and oxygen atoms in total. The second-order valence-corrected chi connectivity index (χ2v) is 6.83. The van der Waals surface area contributed by atoms with Crippen molar-refractivity contribution >= 4 is 10.2 Å². The van der Waals surface area contributed by atoms with E-state index < -0.39 is 10.2 Å². The summed E-state index contributed by atoms with van der Waals surface area (Å²) in [4.78, 5) is 0. The Hall–Kier alpha value is -0.170. The van der Waals surface area contributed by atoms with Crippen molar-refractivity contribution in [3.8, 4) is 0 Å². The standard InChI is InChI=1S/C10H22N2O3S/c1-10(2,3)9-8(5-4-6-15-9)7-12-16(11,13)14/h8-9,12H,4-7H2,1-3H3,(H2,11,13,14)/t8-,9-/m1/s1. The van der Waals surface area contributed by atoms with Gasteiger partial charge in [-0.15, -0.1) is 0 Å². The minimum absolute atomic E-state index is 0.0190. The van der Waals surface area contributed by atoms with Gasteiger partial charge in [-0.2, -0.15) is 8.42 Å². The average molecular weight is 250 g/mol. The Morgan fingerprint density at radius 2 is 2.06 bits per heavy atom. The molecule has 0 radical (unpaired) electrons. The van der Waals surface area contributed by atoms with Crippen LogP contribution >= 0.6 is 0 Å². The summed E-state index contributed by atoms with van der Waals surface area (Å²) in [5.41, 5.74) is 0.0190. The number of nitrogens with one attached hydrogen (secondary N) is 1. The van der Waals surface area contributed by atoms with Gasteiger partial charge in [0, 0.05) is 13.2 Å². The maximum atomic E-state index is 10.9. The number of hydrogen-bond acceptors (Lipinski definition) is 3. The van der Waals surface area contributed by atoms with Gasteiger partial charge in [-0.3, -0.25) is 0 Å². The summed E-state index contributed by atoms with van der Waals surface area (Å²) in [6, 6.07) is 0. The second kappa shape index (κ2) is 5.00. The van der Waals surface area contributed by atoms with Gasteiger partial charge in [0.15, 0.2) is 0 Å². The molecule has 0 aromatic rings. The molecule has 0 aliphatic carbocycles. The van der Waals surface area contributed by atoms with Crippen LogP contribution in [0.3, 0.4) is 0 Å². The first-order valence-electron chi connectivity index (χ1n) is 5.59. The molecule has 1 aliphatic heterocycles. The molecular weight excluding hydrogens is 228 g/mol. The molecule has 96 valence electrons. The fourth-order valence-electron chi connectivity index (χ4n) is 2.23. The van der Waals surface area contributed by atoms with Crippen LogP contribution in [0.25, 0.3) is 0 Å². The minimum atomic E-state index is -3.60. The Morgan fingerprint density at radius 3 is 2.56 bits per heavy atom. The van der Waals surface area contributed by atoms with Gasteiger partial charge >= 0.3 is 0 Å². The fraction of sp³-hybridized carbons (Fsp3) is 1.00. The van der Waals surface area contributed by atoms with Gasteiger partial charge in [0.25, 0.3) is 10.2 Å². The SMILES string of the molecule is CC(C)(C)[C@@H]1OCCC[C@@H]1CNS(N)(=O)=O. The Bertz CT molecular complexity index is 321. The Kier molecular flexibility index (Phi) is 4.34. The molecule has 0 amide bonds. The van der Waals surface area contributed by atoms with E-state index in [1.165, 1.54) is 0 Å². The summed E-state index contributed by atoms with van der Waals surface area (Å²) in [5, 5.41) is 4.93. The van der Waals surface area contributed by atoms with E-state index in [2.05, 4.69) is 25.5 Å². The summed E-state index contributed by atoms with van der Waals surface area (Å²) in [6.07, 6.45) is 2.03. The third-order valence-corrected chi connectivity index (χ3v) is 3.41. The summed E-state index contributed by atoms with van der Waals surface area (Å²) in [6.45, 7) is 7.43. The van der Waals surface area contributed by atoms with Gasteiger partial charge in [-0.05, 0) is 24.2 Å². The first-order chi connectivity index (χ1) is 7.20. The van der Waals surface area contributed by atoms with Crippen LogP contribution in [-0.4, -0.2) is 27.7 Å². The van der Waals surface area contributed by atoms with Gasteiger partial charge in [0.2, 0.25) is 0 Å². The molecule has 1 fully saturated rings. The lowest BCUT2D eigenvalue weighted by Crippen LogP contribution is -2.46. The largest absolute Gasteiger partial charge is 0.377 e. The van der Waals surface area contributed by atoms with Crippen molar-refractivity contribution < 1.29 is 13.2 Å². The lowest BCUT2D eigenvalue weighted by Gasteiger charge is -2.40. The van der Waals surface area contributed by atoms with E-state index in [9.17, 15) is 8.42 Å². The van der Waals surface area contributed by atoms with Gasteiger partial charge in [0.1, 0.15) is 0 Å². The van der Waals surface area contributed by atoms with Crippen LogP contribution in [-0.2, 0) is 14.9 Å². The predicted molar refractivity (Wildman–Crippen MR) is 63.0 cm³/mol. The van der Waals surface area contributed by atoms with E-state index in [0.717, 1.165) is 19.4 Å². The smallest absolute Gasteiger partial charge is 0.274 e. The zero-order chi connectivity index (χ0) is 12.4. The zero-order valence-corrected chi connectivity index (χ0v) is 11.0. The topological polar surface area (TPSA) is 81.4 Å². The lowest BCUT2D eigenvalue weighted by atomic mass is 9.78. The number of rotatable bonds is 3. The second-order valence-electron chi connectivity index (χ2n) is 5.45. The van der Waals surface area contributed by atoms with E-state index in [4.69, 9.17) is 9.88 Å². The normalized spacial score (nSPS) is 28.0. The van der Waals surface area contributed by atoms with E-state index in [0.29, 0.717) is 6.54 Å². The van der Waals surface area contributed by atoms with Crippen LogP contribution in [0.2, 0.25) is 0 Å². The molecule has 2 atom stereocenters. The molecule has 1 aliphatic rings. The Balaban J connectivity index is 2.61. The molecule has 1 heterocycles. The van der Waals surface area contributed by atoms with Crippen LogP contribution in [0.4, 0.5) is 0 Å². The quantitative estimate of drug-likeness (QED) is 0.770. The van der Waals surface area contributed by atoms with E-state index in [1.807, 2.05) is 0 Å². The van der Waals surface area contributed by atoms with Gasteiger partial charge < -0.3 is 4.74 Å². The minimum Gasteiger partial charge on any atom is -0.377 e. The van der Waals surface area contributed by atoms with Gasteiger partial charge in [0.05, 0.1) is 6.10 Å². The summed E-state index contributed by atoms with van der Waals surface area (Å²) in [5.74, 6) is 0.201. The maximum absolute atomic E-state index is 10.9. The van der Waals surface area contributed by atoms with Crippen LogP contribution in [0.15, 0.2) is 0 Å². The molecule has 0 saturated carbocycles. The Labute approximate surface area is 97.9 Å². The molecule has 0 spiro atoms. The fourth-order valence-corrected chi connectivity index (χ4v) is 2.68. The lowest BCUT2D eigenvalue weighted by molar-refractivity contribution is -0.0833. The number of ether oxygens (including phenoxy) is 1. The van der Waals surface area contributed by atoms with Crippen molar-refractivity contribution in [3.05, 3.63) is 0 Å². The van der Waals surface area contributed by atoms with Crippen molar-refractivity contribution in [1.82, 2.24) is 4.72 Å². The highest BCUT2D eigenvalue weighted by atomic mass is 32.2. The predicted octanol–water partition coefficient (Wildman–Crippen LogP) is 0.621. The average Bonchev–Trinajstić information content (AvgIpc) is 2.12. The van der Waals surface area contributed by atoms with Crippen molar-refractivity contribution in [1.29, 1.82) is 0 Å². The molecule has 0 bridgehead atoms. The van der Waals surface area contributed by atoms with Crippen LogP contribution in [0, 0.1) is 11.3 Å². The van der Waals surface area contributed by atoms with Crippen LogP contribution < -0.4 is 9.86 Å². The number of nitrogens with two attached hydrogens (primary N) is 1. The van der Waals surface area contributed by atoms with Crippen molar-refractivity contribution in [3.63, 3.8) is 0 Å². The molecule has 1 rings (SSSR count). The molecule has 0 unspecified atom stereocenters. The molecule has 0 aromatic carbocycles. The molecular formula is C10H22N2O3S. The van der Waals surface area contributed by atoms with Crippen molar-refractivity contribution in [2.24, 2.45) is 16.5 Å². The van der Waals surface area contributed by atoms with Crippen molar-refractivity contribution in [2.75, 3.05) is 13.2 Å². The Morgan fingerprint density at radius 1 is 1.44 bits per heavy atom. The highest BCUT2D eigenvalue weighted by molar-refractivity contribution is 7.87. The summed E-state index contributed by atoms with van der Waals surface area (Å²) >= 11 is 0. The monoisotopic (exact) mass is 250 g/mol. The van der Waals surface area contributed by atoms with Gasteiger partial charge in [-0.1, -0.05) is 20.8 Å². The van der Waals surface area contributed by atoms with Crippen LogP contribution in [0.1, 0.15) is 33.6 Å². The third kappa shape index (κ3) is 4.37. The van der Waals surface area contributed by atoms with Crippen LogP contribution in [0.5, 0.6) is 0 Å². The highest BCUT2D eigenvalue weighted by Gasteiger charge is 2.35. The third-order valence-electron chi connectivity index (χ3n) is 2.85. The molecule has 3 N–H and O–H groups in total. The number of hydrogen-bond donors (Lipinski definition) is 2. The molecule has 16 heavy (non-hydrogen) atoms. The highest BCUT2D eigenvalue weighted by Crippen LogP contribution is 2.33. The molecule has 0 aromatic heterocycles. The van der Waals surface area contributed by atoms with Gasteiger partial charge in [-0.25, -0.2) is 9.86 Å². The zero-order valence-electron chi connectivity index (χ0n) is 10.2. The van der Waals surface area contributed by atoms with Crippen molar-refractivity contribution in [2.45, 2.75) is 39.7 Å². The van der Waals surface area contributed by atoms with E-state index in [-0.39, 0.29) is 17.4 Å². The molecule has 1 saturated heterocycles. The maximum Gasteiger partial charge on any atom is 0.274 e. The van der Waals surface area contributed by atoms with E-state index >= 15 is 0 Å².